The lowest BCUT2D eigenvalue weighted by Crippen LogP contribution is -2.10. The number of anilines is 3. The van der Waals surface area contributed by atoms with Gasteiger partial charge in [0, 0.05) is 16.8 Å². The number of benzene rings is 13. The summed E-state index contributed by atoms with van der Waals surface area (Å²) in [7, 11) is 0. The van der Waals surface area contributed by atoms with Gasteiger partial charge in [0.1, 0.15) is 0 Å². The Morgan fingerprint density at radius 3 is 0.821 bits per heavy atom. The second-order valence-electron chi connectivity index (χ2n) is 17.5. The van der Waals surface area contributed by atoms with Crippen LogP contribution >= 0.6 is 0 Å². The normalized spacial score (nSPS) is 11.6. The molecule has 0 bridgehead atoms. The summed E-state index contributed by atoms with van der Waals surface area (Å²) in [5.74, 6) is 0. The lowest BCUT2D eigenvalue weighted by Gasteiger charge is -2.28. The van der Waals surface area contributed by atoms with Crippen molar-refractivity contribution in [2.24, 2.45) is 0 Å². The van der Waals surface area contributed by atoms with E-state index >= 15 is 0 Å². The molecule has 312 valence electrons. The van der Waals surface area contributed by atoms with E-state index < -0.39 is 0 Å². The molecule has 13 rings (SSSR count). The van der Waals surface area contributed by atoms with Crippen LogP contribution in [0.2, 0.25) is 0 Å². The van der Waals surface area contributed by atoms with E-state index in [4.69, 9.17) is 0 Å². The molecule has 0 heterocycles. The molecule has 0 N–H and O–H groups in total. The second-order valence-corrected chi connectivity index (χ2v) is 17.5. The van der Waals surface area contributed by atoms with Crippen LogP contribution in [0.3, 0.4) is 0 Å². The summed E-state index contributed by atoms with van der Waals surface area (Å²) in [5.41, 5.74) is 13.2. The van der Waals surface area contributed by atoms with Crippen LogP contribution in [-0.4, -0.2) is 0 Å². The second kappa shape index (κ2) is 16.0. The van der Waals surface area contributed by atoms with Crippen molar-refractivity contribution in [3.05, 3.63) is 261 Å². The summed E-state index contributed by atoms with van der Waals surface area (Å²) in [4.78, 5) is 2.45. The van der Waals surface area contributed by atoms with E-state index in [1.165, 1.54) is 109 Å². The number of hydrogen-bond acceptors (Lipinski definition) is 1. The van der Waals surface area contributed by atoms with E-state index in [2.05, 4.69) is 266 Å². The Balaban J connectivity index is 1.00. The highest BCUT2D eigenvalue weighted by atomic mass is 15.1. The first kappa shape index (κ1) is 38.7. The molecule has 0 saturated heterocycles. The molecule has 0 radical (unpaired) electrons. The minimum absolute atomic E-state index is 1.09. The Bertz CT molecular complexity index is 3680. The summed E-state index contributed by atoms with van der Waals surface area (Å²) in [6.45, 7) is 0. The maximum atomic E-state index is 2.45. The first-order valence-corrected chi connectivity index (χ1v) is 23.2. The first-order chi connectivity index (χ1) is 33.3. The molecule has 0 fully saturated rings. The van der Waals surface area contributed by atoms with Gasteiger partial charge in [-0.15, -0.1) is 0 Å². The molecular weight excluding hydrogens is 807 g/mol. The van der Waals surface area contributed by atoms with Gasteiger partial charge in [-0.05, 0) is 134 Å². The maximum Gasteiger partial charge on any atom is 0.0546 e. The largest absolute Gasteiger partial charge is 0.310 e. The molecule has 0 amide bonds. The Labute approximate surface area is 390 Å². The molecule has 1 nitrogen and oxygen atoms in total. The fraction of sp³-hybridized carbons (Fsp3) is 0. The highest BCUT2D eigenvalue weighted by Crippen LogP contribution is 2.48. The quantitative estimate of drug-likeness (QED) is 0.114. The zero-order chi connectivity index (χ0) is 44.3. The predicted octanol–water partition coefficient (Wildman–Crippen LogP) is 18.7. The summed E-state index contributed by atoms with van der Waals surface area (Å²) in [6.07, 6.45) is 0. The SMILES string of the molecule is c1ccc(-c2c3ccccc3c(-c3ccc(N(c4ccc(-c5c6ccccc6c(-c6ccccc6)c6ccccc56)cc4)c4cc5ccccc5c5ccccc45)cc3)c3ccccc23)cc1. The van der Waals surface area contributed by atoms with Crippen molar-refractivity contribution in [3.63, 3.8) is 0 Å². The highest BCUT2D eigenvalue weighted by Gasteiger charge is 2.22. The van der Waals surface area contributed by atoms with Crippen molar-refractivity contribution in [1.29, 1.82) is 0 Å². The van der Waals surface area contributed by atoms with Crippen molar-refractivity contribution in [1.82, 2.24) is 0 Å². The van der Waals surface area contributed by atoms with Crippen molar-refractivity contribution in [2.75, 3.05) is 4.90 Å². The fourth-order valence-corrected chi connectivity index (χ4v) is 10.9. The Morgan fingerprint density at radius 2 is 0.463 bits per heavy atom. The monoisotopic (exact) mass is 849 g/mol. The van der Waals surface area contributed by atoms with Crippen LogP contribution in [0.4, 0.5) is 17.1 Å². The van der Waals surface area contributed by atoms with E-state index in [1.807, 2.05) is 0 Å². The Morgan fingerprint density at radius 1 is 0.194 bits per heavy atom. The van der Waals surface area contributed by atoms with E-state index in [0.29, 0.717) is 0 Å². The van der Waals surface area contributed by atoms with Crippen LogP contribution in [-0.2, 0) is 0 Å². The molecule has 0 atom stereocenters. The average Bonchev–Trinajstić information content (AvgIpc) is 3.40. The number of nitrogens with zero attached hydrogens (tertiary/aromatic N) is 1. The molecule has 13 aromatic rings. The molecule has 0 spiro atoms. The molecule has 0 aliphatic rings. The molecule has 0 aromatic heterocycles. The van der Waals surface area contributed by atoms with Crippen LogP contribution in [0.25, 0.3) is 109 Å². The summed E-state index contributed by atoms with van der Waals surface area (Å²) < 4.78 is 0. The molecule has 67 heavy (non-hydrogen) atoms. The van der Waals surface area contributed by atoms with Crippen LogP contribution < -0.4 is 4.90 Å². The van der Waals surface area contributed by atoms with E-state index in [1.54, 1.807) is 0 Å². The van der Waals surface area contributed by atoms with Gasteiger partial charge in [0.05, 0.1) is 5.69 Å². The zero-order valence-electron chi connectivity index (χ0n) is 36.8. The highest BCUT2D eigenvalue weighted by molar-refractivity contribution is 6.23. The van der Waals surface area contributed by atoms with Crippen molar-refractivity contribution >= 4 is 81.7 Å². The zero-order valence-corrected chi connectivity index (χ0v) is 36.8. The molecule has 0 aliphatic carbocycles. The van der Waals surface area contributed by atoms with Gasteiger partial charge in [0.25, 0.3) is 0 Å². The summed E-state index contributed by atoms with van der Waals surface area (Å²) in [6, 6.07) is 95.8. The first-order valence-electron chi connectivity index (χ1n) is 23.2. The van der Waals surface area contributed by atoms with Gasteiger partial charge in [0.15, 0.2) is 0 Å². The van der Waals surface area contributed by atoms with Gasteiger partial charge in [-0.3, -0.25) is 0 Å². The van der Waals surface area contributed by atoms with Crippen LogP contribution in [0.15, 0.2) is 261 Å². The van der Waals surface area contributed by atoms with Crippen molar-refractivity contribution in [2.45, 2.75) is 0 Å². The summed E-state index contributed by atoms with van der Waals surface area (Å²) in [5, 5.41) is 14.9. The van der Waals surface area contributed by atoms with E-state index in [9.17, 15) is 0 Å². The summed E-state index contributed by atoms with van der Waals surface area (Å²) >= 11 is 0. The Hall–Kier alpha value is -8.78. The third-order valence-electron chi connectivity index (χ3n) is 13.8. The van der Waals surface area contributed by atoms with E-state index in [-0.39, 0.29) is 0 Å². The number of fused-ring (bicyclic) bond motifs is 7. The van der Waals surface area contributed by atoms with E-state index in [0.717, 1.165) is 17.1 Å². The average molecular weight is 850 g/mol. The topological polar surface area (TPSA) is 3.24 Å². The number of hydrogen-bond donors (Lipinski definition) is 0. The van der Waals surface area contributed by atoms with Crippen LogP contribution in [0.5, 0.6) is 0 Å². The Kier molecular flexibility index (Phi) is 9.25. The predicted molar refractivity (Wildman–Crippen MR) is 288 cm³/mol. The van der Waals surface area contributed by atoms with Gasteiger partial charge in [0.2, 0.25) is 0 Å². The van der Waals surface area contributed by atoms with Gasteiger partial charge in [-0.2, -0.15) is 0 Å². The maximum absolute atomic E-state index is 2.45. The van der Waals surface area contributed by atoms with Gasteiger partial charge in [-0.25, -0.2) is 0 Å². The van der Waals surface area contributed by atoms with Crippen LogP contribution in [0, 0.1) is 0 Å². The minimum Gasteiger partial charge on any atom is -0.310 e. The van der Waals surface area contributed by atoms with Gasteiger partial charge >= 0.3 is 0 Å². The lowest BCUT2D eigenvalue weighted by atomic mass is 9.86. The molecule has 0 aliphatic heterocycles. The lowest BCUT2D eigenvalue weighted by molar-refractivity contribution is 1.30. The van der Waals surface area contributed by atoms with Crippen LogP contribution in [0.1, 0.15) is 0 Å². The molecule has 0 unspecified atom stereocenters. The van der Waals surface area contributed by atoms with Gasteiger partial charge < -0.3 is 4.90 Å². The standard InChI is InChI=1S/C66H43N/c1-3-19-44(20-4-1)63-54-27-11-15-31-58(54)65(59-32-16-12-28-55(59)63)46-35-39-49(40-36-46)67(62-43-48-23-7-8-24-51(48)52-25-9-10-26-53(52)62)50-41-37-47(38-42-50)66-60-33-17-13-29-56(60)64(45-21-5-2-6-22-45)57-30-14-18-34-61(57)66/h1-43H. The number of rotatable bonds is 7. The third kappa shape index (κ3) is 6.39. The van der Waals surface area contributed by atoms with Crippen molar-refractivity contribution < 1.29 is 0 Å². The van der Waals surface area contributed by atoms with Gasteiger partial charge in [-0.1, -0.05) is 231 Å². The smallest absolute Gasteiger partial charge is 0.0546 e. The molecule has 1 heteroatoms. The fourth-order valence-electron chi connectivity index (χ4n) is 10.9. The van der Waals surface area contributed by atoms with Crippen molar-refractivity contribution in [3.8, 4) is 44.5 Å². The molecule has 13 aromatic carbocycles. The molecular formula is C66H43N. The molecule has 0 saturated carbocycles. The third-order valence-corrected chi connectivity index (χ3v) is 13.8. The minimum atomic E-state index is 1.09.